The van der Waals surface area contributed by atoms with Gasteiger partial charge in [0.25, 0.3) is 5.91 Å². The number of hydrogen-bond donors (Lipinski definition) is 1. The number of anilines is 1. The lowest BCUT2D eigenvalue weighted by molar-refractivity contribution is 0.102. The molecule has 0 aliphatic heterocycles. The van der Waals surface area contributed by atoms with E-state index < -0.39 is 0 Å². The van der Waals surface area contributed by atoms with Crippen molar-refractivity contribution >= 4 is 54.2 Å². The molecule has 1 aromatic carbocycles. The van der Waals surface area contributed by atoms with Crippen LogP contribution in [0.1, 0.15) is 20.9 Å². The van der Waals surface area contributed by atoms with E-state index in [1.54, 1.807) is 12.1 Å². The fourth-order valence-corrected chi connectivity index (χ4v) is 3.48. The van der Waals surface area contributed by atoms with Crippen LogP contribution >= 0.6 is 43.2 Å². The van der Waals surface area contributed by atoms with Crippen LogP contribution in [0.5, 0.6) is 0 Å². The molecule has 0 spiro atoms. The van der Waals surface area contributed by atoms with E-state index in [0.717, 1.165) is 19.5 Å². The largest absolute Gasteiger partial charge is 0.298 e. The van der Waals surface area contributed by atoms with Gasteiger partial charge in [-0.1, -0.05) is 31.9 Å². The number of nitrogens with zero attached hydrogens (tertiary/aromatic N) is 1. The molecule has 2 rings (SSSR count). The number of rotatable bonds is 2. The second-order valence-electron chi connectivity index (χ2n) is 3.77. The quantitative estimate of drug-likeness (QED) is 0.819. The number of aryl methyl sites for hydroxylation is 2. The van der Waals surface area contributed by atoms with E-state index in [1.807, 2.05) is 19.9 Å². The minimum atomic E-state index is -0.161. The Balaban J connectivity index is 2.21. The maximum Gasteiger partial charge on any atom is 0.257 e. The molecule has 18 heavy (non-hydrogen) atoms. The van der Waals surface area contributed by atoms with Crippen molar-refractivity contribution in [2.75, 3.05) is 5.32 Å². The van der Waals surface area contributed by atoms with Gasteiger partial charge in [-0.2, -0.15) is 0 Å². The second kappa shape index (κ2) is 5.50. The molecule has 1 N–H and O–H groups in total. The SMILES string of the molecule is Cc1nc(NC(=O)c2cc(Br)cc(Br)c2)sc1C. The zero-order valence-electron chi connectivity index (χ0n) is 9.75. The summed E-state index contributed by atoms with van der Waals surface area (Å²) in [4.78, 5) is 17.4. The van der Waals surface area contributed by atoms with E-state index in [-0.39, 0.29) is 5.91 Å². The Hall–Kier alpha value is -0.720. The summed E-state index contributed by atoms with van der Waals surface area (Å²) in [5.41, 5.74) is 1.53. The molecule has 1 aromatic heterocycles. The van der Waals surface area contributed by atoms with E-state index >= 15 is 0 Å². The van der Waals surface area contributed by atoms with Gasteiger partial charge < -0.3 is 0 Å². The first-order valence-electron chi connectivity index (χ1n) is 5.17. The molecular formula is C12H10Br2N2OS. The average molecular weight is 390 g/mol. The normalized spacial score (nSPS) is 10.4. The van der Waals surface area contributed by atoms with Gasteiger partial charge in [-0.05, 0) is 32.0 Å². The number of thiazole rings is 1. The smallest absolute Gasteiger partial charge is 0.257 e. The number of nitrogens with one attached hydrogen (secondary N) is 1. The number of hydrogen-bond acceptors (Lipinski definition) is 3. The average Bonchev–Trinajstić information content (AvgIpc) is 2.56. The van der Waals surface area contributed by atoms with Crippen LogP contribution in [0.4, 0.5) is 5.13 Å². The Morgan fingerprint density at radius 2 is 1.83 bits per heavy atom. The summed E-state index contributed by atoms with van der Waals surface area (Å²) < 4.78 is 1.71. The summed E-state index contributed by atoms with van der Waals surface area (Å²) in [5, 5.41) is 3.43. The van der Waals surface area contributed by atoms with Gasteiger partial charge in [-0.3, -0.25) is 10.1 Å². The van der Waals surface area contributed by atoms with E-state index in [1.165, 1.54) is 11.3 Å². The minimum absolute atomic E-state index is 0.161. The number of aromatic nitrogens is 1. The molecule has 0 radical (unpaired) electrons. The molecule has 0 atom stereocenters. The summed E-state index contributed by atoms with van der Waals surface area (Å²) in [6.07, 6.45) is 0. The third-order valence-corrected chi connectivity index (χ3v) is 4.28. The molecule has 0 saturated carbocycles. The maximum atomic E-state index is 12.1. The van der Waals surface area contributed by atoms with E-state index in [2.05, 4.69) is 42.2 Å². The van der Waals surface area contributed by atoms with Crippen molar-refractivity contribution in [2.24, 2.45) is 0 Å². The molecule has 0 unspecified atom stereocenters. The van der Waals surface area contributed by atoms with Gasteiger partial charge in [-0.15, -0.1) is 11.3 Å². The van der Waals surface area contributed by atoms with E-state index in [9.17, 15) is 4.79 Å². The Bertz CT molecular complexity index is 570. The fraction of sp³-hybridized carbons (Fsp3) is 0.167. The van der Waals surface area contributed by atoms with E-state index in [0.29, 0.717) is 10.7 Å². The predicted molar refractivity (Wildman–Crippen MR) is 81.4 cm³/mol. The highest BCUT2D eigenvalue weighted by atomic mass is 79.9. The first-order chi connectivity index (χ1) is 8.45. The topological polar surface area (TPSA) is 42.0 Å². The van der Waals surface area contributed by atoms with Gasteiger partial charge in [0.1, 0.15) is 0 Å². The van der Waals surface area contributed by atoms with Gasteiger partial charge in [0, 0.05) is 19.4 Å². The van der Waals surface area contributed by atoms with Crippen molar-refractivity contribution < 1.29 is 4.79 Å². The monoisotopic (exact) mass is 388 g/mol. The molecule has 3 nitrogen and oxygen atoms in total. The summed E-state index contributed by atoms with van der Waals surface area (Å²) in [6, 6.07) is 5.43. The Morgan fingerprint density at radius 1 is 1.22 bits per heavy atom. The number of benzene rings is 1. The molecule has 1 heterocycles. The van der Waals surface area contributed by atoms with Crippen LogP contribution in [0, 0.1) is 13.8 Å². The Labute approximate surface area is 126 Å². The van der Waals surface area contributed by atoms with Crippen LogP contribution in [0.2, 0.25) is 0 Å². The standard InChI is InChI=1S/C12H10Br2N2OS/c1-6-7(2)18-12(15-6)16-11(17)8-3-9(13)5-10(14)4-8/h3-5H,1-2H3,(H,15,16,17). The molecule has 0 aliphatic rings. The highest BCUT2D eigenvalue weighted by Gasteiger charge is 2.11. The van der Waals surface area contributed by atoms with Crippen LogP contribution in [0.15, 0.2) is 27.1 Å². The molecule has 0 bridgehead atoms. The van der Waals surface area contributed by atoms with Gasteiger partial charge in [-0.25, -0.2) is 4.98 Å². The first kappa shape index (κ1) is 13.7. The second-order valence-corrected chi connectivity index (χ2v) is 6.81. The summed E-state index contributed by atoms with van der Waals surface area (Å²) in [5.74, 6) is -0.161. The molecule has 0 fully saturated rings. The molecule has 2 aromatic rings. The first-order valence-corrected chi connectivity index (χ1v) is 7.57. The summed E-state index contributed by atoms with van der Waals surface area (Å²) in [6.45, 7) is 3.91. The fourth-order valence-electron chi connectivity index (χ4n) is 1.38. The number of carbonyl (C=O) groups excluding carboxylic acids is 1. The van der Waals surface area contributed by atoms with Crippen molar-refractivity contribution in [3.63, 3.8) is 0 Å². The van der Waals surface area contributed by atoms with Crippen molar-refractivity contribution in [3.8, 4) is 0 Å². The third kappa shape index (κ3) is 3.18. The van der Waals surface area contributed by atoms with Crippen molar-refractivity contribution in [3.05, 3.63) is 43.3 Å². The van der Waals surface area contributed by atoms with Gasteiger partial charge in [0.2, 0.25) is 0 Å². The van der Waals surface area contributed by atoms with Crippen LogP contribution in [0.3, 0.4) is 0 Å². The predicted octanol–water partition coefficient (Wildman–Crippen LogP) is 4.54. The minimum Gasteiger partial charge on any atom is -0.298 e. The van der Waals surface area contributed by atoms with Crippen molar-refractivity contribution in [1.29, 1.82) is 0 Å². The molecule has 1 amide bonds. The van der Waals surface area contributed by atoms with Crippen molar-refractivity contribution in [2.45, 2.75) is 13.8 Å². The Kier molecular flexibility index (Phi) is 4.19. The number of carbonyl (C=O) groups is 1. The molecule has 0 saturated heterocycles. The number of halogens is 2. The lowest BCUT2D eigenvalue weighted by Crippen LogP contribution is -2.11. The van der Waals surface area contributed by atoms with Gasteiger partial charge >= 0.3 is 0 Å². The van der Waals surface area contributed by atoms with Gasteiger partial charge in [0.05, 0.1) is 5.69 Å². The molecular weight excluding hydrogens is 380 g/mol. The Morgan fingerprint density at radius 3 is 2.33 bits per heavy atom. The zero-order chi connectivity index (χ0) is 13.3. The highest BCUT2D eigenvalue weighted by Crippen LogP contribution is 2.24. The van der Waals surface area contributed by atoms with Crippen LogP contribution in [-0.4, -0.2) is 10.9 Å². The summed E-state index contributed by atoms with van der Waals surface area (Å²) in [7, 11) is 0. The molecule has 6 heteroatoms. The van der Waals surface area contributed by atoms with E-state index in [4.69, 9.17) is 0 Å². The highest BCUT2D eigenvalue weighted by molar-refractivity contribution is 9.11. The van der Waals surface area contributed by atoms with Crippen LogP contribution < -0.4 is 5.32 Å². The van der Waals surface area contributed by atoms with Crippen LogP contribution in [-0.2, 0) is 0 Å². The zero-order valence-corrected chi connectivity index (χ0v) is 13.7. The summed E-state index contributed by atoms with van der Waals surface area (Å²) >= 11 is 8.20. The molecule has 0 aliphatic carbocycles. The maximum absolute atomic E-state index is 12.1. The third-order valence-electron chi connectivity index (χ3n) is 2.37. The lowest BCUT2D eigenvalue weighted by atomic mass is 10.2. The number of amides is 1. The van der Waals surface area contributed by atoms with Gasteiger partial charge in [0.15, 0.2) is 5.13 Å². The van der Waals surface area contributed by atoms with Crippen molar-refractivity contribution in [1.82, 2.24) is 4.98 Å². The molecule has 94 valence electrons. The van der Waals surface area contributed by atoms with Crippen LogP contribution in [0.25, 0.3) is 0 Å². The lowest BCUT2D eigenvalue weighted by Gasteiger charge is -2.03.